The molecule has 18 heavy (non-hydrogen) atoms. The summed E-state index contributed by atoms with van der Waals surface area (Å²) in [4.78, 5) is 11.6. The van der Waals surface area contributed by atoms with Gasteiger partial charge in [0.25, 0.3) is 0 Å². The molecule has 1 unspecified atom stereocenters. The third kappa shape index (κ3) is 5.80. The van der Waals surface area contributed by atoms with E-state index in [0.29, 0.717) is 13.2 Å². The lowest BCUT2D eigenvalue weighted by molar-refractivity contribution is -0.126. The molecule has 4 nitrogen and oxygen atoms in total. The van der Waals surface area contributed by atoms with E-state index in [1.807, 2.05) is 37.3 Å². The van der Waals surface area contributed by atoms with Crippen molar-refractivity contribution < 1.29 is 9.53 Å². The van der Waals surface area contributed by atoms with Gasteiger partial charge in [-0.3, -0.25) is 4.79 Å². The molecule has 0 bridgehead atoms. The summed E-state index contributed by atoms with van der Waals surface area (Å²) in [6.07, 6.45) is 1.66. The van der Waals surface area contributed by atoms with Gasteiger partial charge in [-0.25, -0.2) is 0 Å². The maximum absolute atomic E-state index is 11.6. The van der Waals surface area contributed by atoms with Crippen LogP contribution in [0.3, 0.4) is 0 Å². The molecule has 0 radical (unpaired) electrons. The Bertz CT molecular complexity index is 341. The first-order chi connectivity index (χ1) is 8.76. The predicted octanol–water partition coefficient (Wildman–Crippen LogP) is 1.10. The van der Waals surface area contributed by atoms with Crippen LogP contribution in [0.1, 0.15) is 18.9 Å². The van der Waals surface area contributed by atoms with Crippen LogP contribution in [-0.4, -0.2) is 31.7 Å². The zero-order valence-corrected chi connectivity index (χ0v) is 10.9. The summed E-state index contributed by atoms with van der Waals surface area (Å²) in [6.45, 7) is 3.16. The lowest BCUT2D eigenvalue weighted by Crippen LogP contribution is -2.43. The number of carbonyl (C=O) groups is 1. The van der Waals surface area contributed by atoms with Crippen molar-refractivity contribution in [3.05, 3.63) is 35.9 Å². The summed E-state index contributed by atoms with van der Waals surface area (Å²) in [7, 11) is 0. The van der Waals surface area contributed by atoms with Crippen LogP contribution < -0.4 is 11.1 Å². The summed E-state index contributed by atoms with van der Waals surface area (Å²) in [6, 6.07) is 9.96. The van der Waals surface area contributed by atoms with Gasteiger partial charge in [-0.2, -0.15) is 0 Å². The molecule has 0 fully saturated rings. The Morgan fingerprint density at radius 2 is 2.11 bits per heavy atom. The second-order valence-electron chi connectivity index (χ2n) is 4.24. The highest BCUT2D eigenvalue weighted by atomic mass is 16.5. The minimum Gasteiger partial charge on any atom is -0.372 e. The topological polar surface area (TPSA) is 64.3 Å². The molecule has 1 aromatic carbocycles. The molecular weight excluding hydrogens is 228 g/mol. The molecule has 0 saturated heterocycles. The van der Waals surface area contributed by atoms with E-state index < -0.39 is 0 Å². The van der Waals surface area contributed by atoms with Gasteiger partial charge >= 0.3 is 0 Å². The van der Waals surface area contributed by atoms with Crippen LogP contribution in [-0.2, 0) is 16.0 Å². The SMILES string of the molecule is CCCOCC(=O)NC(CN)Cc1ccccc1. The third-order valence-corrected chi connectivity index (χ3v) is 2.56. The maximum atomic E-state index is 11.6. The largest absolute Gasteiger partial charge is 0.372 e. The highest BCUT2D eigenvalue weighted by molar-refractivity contribution is 5.77. The molecule has 0 aliphatic heterocycles. The second kappa shape index (κ2) is 8.66. The van der Waals surface area contributed by atoms with Crippen molar-refractivity contribution in [3.63, 3.8) is 0 Å². The summed E-state index contributed by atoms with van der Waals surface area (Å²) in [5.74, 6) is -0.102. The first-order valence-corrected chi connectivity index (χ1v) is 6.37. The molecule has 1 amide bonds. The van der Waals surface area contributed by atoms with Gasteiger partial charge in [0, 0.05) is 19.2 Å². The van der Waals surface area contributed by atoms with Crippen molar-refractivity contribution in [2.24, 2.45) is 5.73 Å². The van der Waals surface area contributed by atoms with Crippen molar-refractivity contribution in [2.45, 2.75) is 25.8 Å². The smallest absolute Gasteiger partial charge is 0.246 e. The minimum absolute atomic E-state index is 0.0369. The Morgan fingerprint density at radius 1 is 1.39 bits per heavy atom. The first-order valence-electron chi connectivity index (χ1n) is 6.37. The van der Waals surface area contributed by atoms with Crippen LogP contribution in [0, 0.1) is 0 Å². The number of nitrogens with two attached hydrogens (primary N) is 1. The van der Waals surface area contributed by atoms with E-state index >= 15 is 0 Å². The van der Waals surface area contributed by atoms with Crippen LogP contribution in [0.2, 0.25) is 0 Å². The van der Waals surface area contributed by atoms with Gasteiger partial charge < -0.3 is 15.8 Å². The van der Waals surface area contributed by atoms with Crippen molar-refractivity contribution in [1.29, 1.82) is 0 Å². The Hall–Kier alpha value is -1.39. The zero-order valence-electron chi connectivity index (χ0n) is 10.9. The fourth-order valence-corrected chi connectivity index (χ4v) is 1.67. The molecule has 0 aliphatic rings. The number of hydrogen-bond donors (Lipinski definition) is 2. The number of rotatable bonds is 8. The molecule has 0 aliphatic carbocycles. The van der Waals surface area contributed by atoms with Crippen LogP contribution in [0.15, 0.2) is 30.3 Å². The lowest BCUT2D eigenvalue weighted by Gasteiger charge is -2.17. The Labute approximate surface area is 109 Å². The number of nitrogens with one attached hydrogen (secondary N) is 1. The van der Waals surface area contributed by atoms with E-state index in [4.69, 9.17) is 10.5 Å². The predicted molar refractivity (Wildman–Crippen MR) is 72.2 cm³/mol. The molecule has 1 atom stereocenters. The standard InChI is InChI=1S/C14H22N2O2/c1-2-8-18-11-14(17)16-13(10-15)9-12-6-4-3-5-7-12/h3-7,13H,2,8-11,15H2,1H3,(H,16,17). The monoisotopic (exact) mass is 250 g/mol. The normalized spacial score (nSPS) is 12.1. The molecule has 0 spiro atoms. The third-order valence-electron chi connectivity index (χ3n) is 2.56. The number of amides is 1. The van der Waals surface area contributed by atoms with Crippen LogP contribution in [0.5, 0.6) is 0 Å². The fraction of sp³-hybridized carbons (Fsp3) is 0.500. The van der Waals surface area contributed by atoms with E-state index in [9.17, 15) is 4.79 Å². The highest BCUT2D eigenvalue weighted by Crippen LogP contribution is 2.02. The molecule has 4 heteroatoms. The minimum atomic E-state index is -0.102. The molecule has 0 aromatic heterocycles. The van der Waals surface area contributed by atoms with Crippen LogP contribution in [0.4, 0.5) is 0 Å². The van der Waals surface area contributed by atoms with Crippen molar-refractivity contribution in [1.82, 2.24) is 5.32 Å². The first kappa shape index (κ1) is 14.7. The summed E-state index contributed by atoms with van der Waals surface area (Å²) < 4.78 is 5.19. The van der Waals surface area contributed by atoms with Crippen molar-refractivity contribution >= 4 is 5.91 Å². The van der Waals surface area contributed by atoms with Gasteiger partial charge in [0.2, 0.25) is 5.91 Å². The summed E-state index contributed by atoms with van der Waals surface area (Å²) in [5, 5.41) is 2.89. The van der Waals surface area contributed by atoms with Gasteiger partial charge in [-0.1, -0.05) is 37.3 Å². The number of ether oxygens (including phenoxy) is 1. The molecule has 1 aromatic rings. The maximum Gasteiger partial charge on any atom is 0.246 e. The molecule has 100 valence electrons. The fourth-order valence-electron chi connectivity index (χ4n) is 1.67. The van der Waals surface area contributed by atoms with Gasteiger partial charge in [0.1, 0.15) is 6.61 Å². The quantitative estimate of drug-likeness (QED) is 0.679. The Balaban J connectivity index is 2.35. The van der Waals surface area contributed by atoms with Crippen molar-refractivity contribution in [2.75, 3.05) is 19.8 Å². The average Bonchev–Trinajstić information content (AvgIpc) is 2.39. The molecule has 1 rings (SSSR count). The molecule has 3 N–H and O–H groups in total. The van der Waals surface area contributed by atoms with Crippen LogP contribution >= 0.6 is 0 Å². The average molecular weight is 250 g/mol. The summed E-state index contributed by atoms with van der Waals surface area (Å²) >= 11 is 0. The molecular formula is C14H22N2O2. The van der Waals surface area contributed by atoms with E-state index in [0.717, 1.165) is 12.8 Å². The number of hydrogen-bond acceptors (Lipinski definition) is 3. The second-order valence-corrected chi connectivity index (χ2v) is 4.24. The molecule has 0 heterocycles. The number of carbonyl (C=O) groups excluding carboxylic acids is 1. The van der Waals surface area contributed by atoms with Gasteiger partial charge in [-0.05, 0) is 18.4 Å². The summed E-state index contributed by atoms with van der Waals surface area (Å²) in [5.41, 5.74) is 6.84. The van der Waals surface area contributed by atoms with E-state index in [-0.39, 0.29) is 18.6 Å². The van der Waals surface area contributed by atoms with Gasteiger partial charge in [0.15, 0.2) is 0 Å². The van der Waals surface area contributed by atoms with Crippen LogP contribution in [0.25, 0.3) is 0 Å². The Morgan fingerprint density at radius 3 is 2.72 bits per heavy atom. The van der Waals surface area contributed by atoms with Gasteiger partial charge in [0.05, 0.1) is 0 Å². The number of benzene rings is 1. The highest BCUT2D eigenvalue weighted by Gasteiger charge is 2.11. The zero-order chi connectivity index (χ0) is 13.2. The lowest BCUT2D eigenvalue weighted by atomic mass is 10.1. The van der Waals surface area contributed by atoms with E-state index in [1.54, 1.807) is 0 Å². The van der Waals surface area contributed by atoms with E-state index in [2.05, 4.69) is 5.32 Å². The molecule has 0 saturated carbocycles. The Kier molecular flexibility index (Phi) is 7.06. The van der Waals surface area contributed by atoms with E-state index in [1.165, 1.54) is 5.56 Å². The van der Waals surface area contributed by atoms with Gasteiger partial charge in [-0.15, -0.1) is 0 Å². The van der Waals surface area contributed by atoms with Crippen molar-refractivity contribution in [3.8, 4) is 0 Å².